The fraction of sp³-hybridized carbons (Fsp3) is 0.571. The van der Waals surface area contributed by atoms with Crippen molar-refractivity contribution in [1.29, 1.82) is 0 Å². The Labute approximate surface area is 133 Å². The van der Waals surface area contributed by atoms with Gasteiger partial charge in [-0.3, -0.25) is 15.0 Å². The zero-order valence-electron chi connectivity index (χ0n) is 12.4. The van der Waals surface area contributed by atoms with Crippen molar-refractivity contribution in [3.05, 3.63) is 32.3 Å². The second-order valence-electron chi connectivity index (χ2n) is 5.45. The highest BCUT2D eigenvalue weighted by molar-refractivity contribution is 9.10. The maximum Gasteiger partial charge on any atom is 0.273 e. The van der Waals surface area contributed by atoms with Crippen molar-refractivity contribution in [2.24, 2.45) is 0 Å². The van der Waals surface area contributed by atoms with Crippen LogP contribution in [0.1, 0.15) is 5.56 Å². The number of rotatable bonds is 5. The minimum absolute atomic E-state index is 0.145. The van der Waals surface area contributed by atoms with Crippen LogP contribution in [0.25, 0.3) is 0 Å². The van der Waals surface area contributed by atoms with Crippen molar-refractivity contribution in [3.8, 4) is 0 Å². The van der Waals surface area contributed by atoms with Gasteiger partial charge in [-0.05, 0) is 36.0 Å². The molecule has 2 rings (SSSR count). The average molecular weight is 357 g/mol. The summed E-state index contributed by atoms with van der Waals surface area (Å²) in [5.74, 6) is 0. The average Bonchev–Trinajstić information content (AvgIpc) is 2.44. The zero-order chi connectivity index (χ0) is 15.4. The Kier molecular flexibility index (Phi) is 5.55. The maximum atomic E-state index is 10.9. The number of nitro groups is 1. The number of nitro benzene ring substituents is 1. The summed E-state index contributed by atoms with van der Waals surface area (Å²) in [7, 11) is 2.15. The van der Waals surface area contributed by atoms with Crippen LogP contribution in [0.2, 0.25) is 0 Å². The fourth-order valence-corrected chi connectivity index (χ4v) is 2.89. The van der Waals surface area contributed by atoms with E-state index in [0.29, 0.717) is 5.56 Å². The molecule has 0 bridgehead atoms. The van der Waals surface area contributed by atoms with Crippen LogP contribution in [0.5, 0.6) is 0 Å². The molecule has 6 nitrogen and oxygen atoms in total. The Hall–Kier alpha value is -1.18. The van der Waals surface area contributed by atoms with Gasteiger partial charge in [0.05, 0.1) is 4.92 Å². The lowest BCUT2D eigenvalue weighted by atomic mass is 10.2. The van der Waals surface area contributed by atoms with E-state index in [0.717, 1.165) is 49.4 Å². The predicted octanol–water partition coefficient (Wildman–Crippen LogP) is 2.33. The van der Waals surface area contributed by atoms with E-state index in [4.69, 9.17) is 0 Å². The van der Waals surface area contributed by atoms with Crippen LogP contribution < -0.4 is 5.32 Å². The van der Waals surface area contributed by atoms with Gasteiger partial charge in [-0.2, -0.15) is 0 Å². The molecule has 116 valence electrons. The molecular formula is C14H21BrN4O2. The molecule has 1 N–H and O–H groups in total. The standard InChI is InChI=1S/C14H21BrN4O2/c1-11-9-13(12(15)10-14(11)19(20)21)16-3-4-18-7-5-17(2)6-8-18/h9-10,16H,3-8H2,1-2H3. The molecule has 0 aliphatic carbocycles. The first-order valence-electron chi connectivity index (χ1n) is 7.06. The molecule has 1 saturated heterocycles. The van der Waals surface area contributed by atoms with Crippen LogP contribution in [-0.2, 0) is 0 Å². The van der Waals surface area contributed by atoms with Crippen LogP contribution in [0.3, 0.4) is 0 Å². The van der Waals surface area contributed by atoms with Crippen LogP contribution in [0.4, 0.5) is 11.4 Å². The summed E-state index contributed by atoms with van der Waals surface area (Å²) in [6.07, 6.45) is 0. The zero-order valence-corrected chi connectivity index (χ0v) is 14.0. The van der Waals surface area contributed by atoms with Gasteiger partial charge in [0.15, 0.2) is 0 Å². The fourth-order valence-electron chi connectivity index (χ4n) is 2.42. The number of nitrogens with one attached hydrogen (secondary N) is 1. The van der Waals surface area contributed by atoms with Crippen LogP contribution in [-0.4, -0.2) is 61.0 Å². The van der Waals surface area contributed by atoms with E-state index in [9.17, 15) is 10.1 Å². The molecule has 1 aliphatic rings. The number of hydrogen-bond acceptors (Lipinski definition) is 5. The lowest BCUT2D eigenvalue weighted by molar-refractivity contribution is -0.385. The molecule has 0 spiro atoms. The number of benzene rings is 1. The smallest absolute Gasteiger partial charge is 0.273 e. The topological polar surface area (TPSA) is 61.6 Å². The highest BCUT2D eigenvalue weighted by atomic mass is 79.9. The van der Waals surface area contributed by atoms with E-state index < -0.39 is 0 Å². The van der Waals surface area contributed by atoms with E-state index in [1.165, 1.54) is 0 Å². The molecular weight excluding hydrogens is 336 g/mol. The second kappa shape index (κ2) is 7.20. The number of nitrogens with zero attached hydrogens (tertiary/aromatic N) is 3. The van der Waals surface area contributed by atoms with Crippen molar-refractivity contribution in [1.82, 2.24) is 9.80 Å². The summed E-state index contributed by atoms with van der Waals surface area (Å²) in [6.45, 7) is 7.99. The number of halogens is 1. The Morgan fingerprint density at radius 1 is 1.33 bits per heavy atom. The van der Waals surface area contributed by atoms with Gasteiger partial charge in [0, 0.05) is 61.1 Å². The van der Waals surface area contributed by atoms with Crippen molar-refractivity contribution < 1.29 is 4.92 Å². The molecule has 0 aromatic heterocycles. The van der Waals surface area contributed by atoms with E-state index in [1.54, 1.807) is 13.0 Å². The van der Waals surface area contributed by atoms with E-state index >= 15 is 0 Å². The molecule has 0 radical (unpaired) electrons. The molecule has 7 heteroatoms. The summed E-state index contributed by atoms with van der Waals surface area (Å²) >= 11 is 3.40. The molecule has 1 heterocycles. The van der Waals surface area contributed by atoms with Crippen LogP contribution in [0.15, 0.2) is 16.6 Å². The van der Waals surface area contributed by atoms with Crippen molar-refractivity contribution in [2.75, 3.05) is 51.6 Å². The summed E-state index contributed by atoms with van der Waals surface area (Å²) in [4.78, 5) is 15.3. The number of likely N-dealkylation sites (N-methyl/N-ethyl adjacent to an activating group) is 1. The number of aryl methyl sites for hydroxylation is 1. The first kappa shape index (κ1) is 16.2. The largest absolute Gasteiger partial charge is 0.383 e. The Morgan fingerprint density at radius 3 is 2.62 bits per heavy atom. The number of hydrogen-bond donors (Lipinski definition) is 1. The highest BCUT2D eigenvalue weighted by Crippen LogP contribution is 2.30. The van der Waals surface area contributed by atoms with Gasteiger partial charge < -0.3 is 10.2 Å². The molecule has 1 aliphatic heterocycles. The first-order chi connectivity index (χ1) is 9.97. The van der Waals surface area contributed by atoms with Crippen molar-refractivity contribution >= 4 is 27.3 Å². The van der Waals surface area contributed by atoms with Crippen LogP contribution >= 0.6 is 15.9 Å². The van der Waals surface area contributed by atoms with Gasteiger partial charge in [0.1, 0.15) is 0 Å². The highest BCUT2D eigenvalue weighted by Gasteiger charge is 2.15. The predicted molar refractivity (Wildman–Crippen MR) is 88.0 cm³/mol. The molecule has 21 heavy (non-hydrogen) atoms. The normalized spacial score (nSPS) is 16.9. The third kappa shape index (κ3) is 4.39. The number of anilines is 1. The van der Waals surface area contributed by atoms with E-state index in [-0.39, 0.29) is 10.6 Å². The molecule has 0 atom stereocenters. The SMILES string of the molecule is Cc1cc(NCCN2CCN(C)CC2)c(Br)cc1[N+](=O)[O-]. The molecule has 1 aromatic carbocycles. The minimum Gasteiger partial charge on any atom is -0.383 e. The second-order valence-corrected chi connectivity index (χ2v) is 6.30. The van der Waals surface area contributed by atoms with Crippen molar-refractivity contribution in [2.45, 2.75) is 6.92 Å². The van der Waals surface area contributed by atoms with E-state index in [1.807, 2.05) is 6.07 Å². The van der Waals surface area contributed by atoms with Crippen LogP contribution in [0, 0.1) is 17.0 Å². The molecule has 0 unspecified atom stereocenters. The minimum atomic E-state index is -0.353. The van der Waals surface area contributed by atoms with Crippen molar-refractivity contribution in [3.63, 3.8) is 0 Å². The quantitative estimate of drug-likeness (QED) is 0.647. The van der Waals surface area contributed by atoms with E-state index in [2.05, 4.69) is 38.1 Å². The third-order valence-electron chi connectivity index (χ3n) is 3.82. The monoisotopic (exact) mass is 356 g/mol. The van der Waals surface area contributed by atoms with Gasteiger partial charge in [0.2, 0.25) is 0 Å². The molecule has 1 aromatic rings. The summed E-state index contributed by atoms with van der Waals surface area (Å²) in [5.41, 5.74) is 1.73. The molecule has 0 saturated carbocycles. The summed E-state index contributed by atoms with van der Waals surface area (Å²) in [5, 5.41) is 14.2. The van der Waals surface area contributed by atoms with Gasteiger partial charge in [-0.25, -0.2) is 0 Å². The lowest BCUT2D eigenvalue weighted by Gasteiger charge is -2.32. The Bertz CT molecular complexity index is 516. The third-order valence-corrected chi connectivity index (χ3v) is 4.48. The lowest BCUT2D eigenvalue weighted by Crippen LogP contribution is -2.45. The van der Waals surface area contributed by atoms with Gasteiger partial charge in [-0.15, -0.1) is 0 Å². The number of piperazine rings is 1. The molecule has 0 amide bonds. The molecule has 1 fully saturated rings. The van der Waals surface area contributed by atoms with Gasteiger partial charge >= 0.3 is 0 Å². The summed E-state index contributed by atoms with van der Waals surface area (Å²) < 4.78 is 0.734. The van der Waals surface area contributed by atoms with Gasteiger partial charge in [-0.1, -0.05) is 0 Å². The van der Waals surface area contributed by atoms with Gasteiger partial charge in [0.25, 0.3) is 5.69 Å². The Balaban J connectivity index is 1.88. The summed E-state index contributed by atoms with van der Waals surface area (Å²) in [6, 6.07) is 3.39. The Morgan fingerprint density at radius 2 is 2.00 bits per heavy atom. The maximum absolute atomic E-state index is 10.9. The first-order valence-corrected chi connectivity index (χ1v) is 7.86.